The third kappa shape index (κ3) is 11.1. The third-order valence-corrected chi connectivity index (χ3v) is 8.65. The summed E-state index contributed by atoms with van der Waals surface area (Å²) in [5.41, 5.74) is 3.18. The summed E-state index contributed by atoms with van der Waals surface area (Å²) < 4.78 is 34.6. The smallest absolute Gasteiger partial charge is 0.187 e. The minimum atomic E-state index is -1.72. The maximum Gasteiger partial charge on any atom is 0.187 e. The molecule has 47 heavy (non-hydrogen) atoms. The fraction of sp³-hybridized carbons (Fsp3) is 0.812. The monoisotopic (exact) mass is 678 g/mol. The molecule has 0 aromatic carbocycles. The van der Waals surface area contributed by atoms with E-state index >= 15 is 0 Å². The van der Waals surface area contributed by atoms with Gasteiger partial charge in [-0.15, -0.1) is 0 Å². The molecule has 0 saturated carbocycles. The highest BCUT2D eigenvalue weighted by molar-refractivity contribution is 5.06. The first-order valence-electron chi connectivity index (χ1n) is 16.1. The van der Waals surface area contributed by atoms with Crippen LogP contribution in [0.4, 0.5) is 0 Å². The Morgan fingerprint density at radius 3 is 1.89 bits per heavy atom. The van der Waals surface area contributed by atoms with Crippen LogP contribution in [0.3, 0.4) is 0 Å². The molecule has 0 spiro atoms. The Bertz CT molecular complexity index is 1040. The summed E-state index contributed by atoms with van der Waals surface area (Å²) in [6.07, 6.45) is -11.4. The van der Waals surface area contributed by atoms with Crippen molar-refractivity contribution in [2.24, 2.45) is 0 Å². The van der Waals surface area contributed by atoms with Gasteiger partial charge in [0.15, 0.2) is 18.9 Å². The molecule has 0 aliphatic carbocycles. The van der Waals surface area contributed by atoms with E-state index in [0.717, 1.165) is 36.8 Å². The van der Waals surface area contributed by atoms with Crippen molar-refractivity contribution < 1.29 is 74.4 Å². The first kappa shape index (κ1) is 40.1. The molecule has 0 radical (unpaired) electrons. The zero-order valence-corrected chi connectivity index (χ0v) is 27.4. The van der Waals surface area contributed by atoms with Gasteiger partial charge in [-0.05, 0) is 53.4 Å². The van der Waals surface area contributed by atoms with Crippen molar-refractivity contribution in [3.63, 3.8) is 0 Å². The van der Waals surface area contributed by atoms with Gasteiger partial charge >= 0.3 is 0 Å². The molecule has 0 aromatic heterocycles. The number of aliphatic hydroxyl groups is 9. The van der Waals surface area contributed by atoms with Gasteiger partial charge in [0.25, 0.3) is 0 Å². The van der Waals surface area contributed by atoms with Crippen molar-refractivity contribution in [3.8, 4) is 0 Å². The summed E-state index contributed by atoms with van der Waals surface area (Å²) >= 11 is 0. The average Bonchev–Trinajstić information content (AvgIpc) is 3.04. The van der Waals surface area contributed by atoms with Gasteiger partial charge in [-0.3, -0.25) is 0 Å². The van der Waals surface area contributed by atoms with Gasteiger partial charge in [-0.1, -0.05) is 34.9 Å². The highest BCUT2D eigenvalue weighted by Crippen LogP contribution is 2.33. The molecule has 15 heteroatoms. The maximum absolute atomic E-state index is 11.1. The van der Waals surface area contributed by atoms with Gasteiger partial charge < -0.3 is 74.4 Å². The van der Waals surface area contributed by atoms with Crippen LogP contribution in [0, 0.1) is 0 Å². The van der Waals surface area contributed by atoms with E-state index in [-0.39, 0.29) is 19.8 Å². The SMILES string of the molecule is CC(=CCCC(C)=CCCC(C)=CCOC1OC(CO)C(O)C(OC2OCC(O)C(O)C2O)C1OC1OC(C)C(O)C(O)C1O)CO. The molecule has 3 rings (SSSR count). The Morgan fingerprint density at radius 2 is 1.26 bits per heavy atom. The van der Waals surface area contributed by atoms with Crippen LogP contribution < -0.4 is 0 Å². The molecule has 15 nitrogen and oxygen atoms in total. The lowest BCUT2D eigenvalue weighted by Crippen LogP contribution is -2.66. The van der Waals surface area contributed by atoms with Crippen molar-refractivity contribution in [2.75, 3.05) is 26.4 Å². The molecule has 0 amide bonds. The zero-order valence-electron chi connectivity index (χ0n) is 27.4. The molecule has 14 unspecified atom stereocenters. The number of hydrogen-bond acceptors (Lipinski definition) is 15. The van der Waals surface area contributed by atoms with Gasteiger partial charge in [0.05, 0.1) is 32.5 Å². The maximum atomic E-state index is 11.1. The molecule has 9 N–H and O–H groups in total. The molecule has 3 fully saturated rings. The Hall–Kier alpha value is -1.38. The Labute approximate surface area is 275 Å². The molecular formula is C32H54O15. The summed E-state index contributed by atoms with van der Waals surface area (Å²) in [7, 11) is 0. The van der Waals surface area contributed by atoms with Gasteiger partial charge in [-0.2, -0.15) is 0 Å². The quantitative estimate of drug-likeness (QED) is 0.0897. The number of allylic oxidation sites excluding steroid dienone is 4. The summed E-state index contributed by atoms with van der Waals surface area (Å²) in [4.78, 5) is 0. The highest BCUT2D eigenvalue weighted by atomic mass is 16.8. The Kier molecular flexibility index (Phi) is 16.3. The largest absolute Gasteiger partial charge is 0.394 e. The van der Waals surface area contributed by atoms with Gasteiger partial charge in [-0.25, -0.2) is 0 Å². The Balaban J connectivity index is 1.74. The van der Waals surface area contributed by atoms with Crippen molar-refractivity contribution in [2.45, 2.75) is 139 Å². The van der Waals surface area contributed by atoms with Gasteiger partial charge in [0, 0.05) is 0 Å². The number of rotatable bonds is 15. The van der Waals surface area contributed by atoms with E-state index in [9.17, 15) is 40.9 Å². The van der Waals surface area contributed by atoms with Gasteiger partial charge in [0.1, 0.15) is 61.0 Å². The second-order valence-electron chi connectivity index (χ2n) is 12.6. The average molecular weight is 679 g/mol. The molecule has 272 valence electrons. The van der Waals surface area contributed by atoms with E-state index in [1.165, 1.54) is 12.5 Å². The lowest BCUT2D eigenvalue weighted by Gasteiger charge is -2.48. The van der Waals surface area contributed by atoms with E-state index in [1.807, 2.05) is 26.0 Å². The first-order valence-corrected chi connectivity index (χ1v) is 16.1. The van der Waals surface area contributed by atoms with E-state index < -0.39 is 92.6 Å². The number of hydrogen-bond donors (Lipinski definition) is 9. The molecule has 3 heterocycles. The van der Waals surface area contributed by atoms with Gasteiger partial charge in [0.2, 0.25) is 0 Å². The number of ether oxygens (including phenoxy) is 6. The van der Waals surface area contributed by atoms with E-state index in [2.05, 4.69) is 13.0 Å². The molecule has 0 bridgehead atoms. The zero-order chi connectivity index (χ0) is 34.8. The van der Waals surface area contributed by atoms with Crippen molar-refractivity contribution in [1.82, 2.24) is 0 Å². The van der Waals surface area contributed by atoms with Crippen LogP contribution in [-0.4, -0.2) is 158 Å². The lowest BCUT2D eigenvalue weighted by atomic mass is 9.97. The van der Waals surface area contributed by atoms with E-state index in [4.69, 9.17) is 33.5 Å². The summed E-state index contributed by atoms with van der Waals surface area (Å²) in [5.74, 6) is 0. The molecule has 14 atom stereocenters. The molecule has 3 aliphatic rings. The lowest BCUT2D eigenvalue weighted by molar-refractivity contribution is -0.385. The molecule has 3 aliphatic heterocycles. The van der Waals surface area contributed by atoms with Crippen LogP contribution in [0.2, 0.25) is 0 Å². The fourth-order valence-corrected chi connectivity index (χ4v) is 5.46. The fourth-order valence-electron chi connectivity index (χ4n) is 5.46. The number of aliphatic hydroxyl groups excluding tert-OH is 9. The summed E-state index contributed by atoms with van der Waals surface area (Å²) in [6.45, 7) is 6.35. The second kappa shape index (κ2) is 19.1. The summed E-state index contributed by atoms with van der Waals surface area (Å²) in [6, 6.07) is 0. The van der Waals surface area contributed by atoms with E-state index in [0.29, 0.717) is 0 Å². The molecule has 3 saturated heterocycles. The minimum absolute atomic E-state index is 0.00449. The second-order valence-corrected chi connectivity index (χ2v) is 12.6. The van der Waals surface area contributed by atoms with Crippen LogP contribution in [0.15, 0.2) is 34.9 Å². The third-order valence-electron chi connectivity index (χ3n) is 8.65. The van der Waals surface area contributed by atoms with Crippen LogP contribution in [0.5, 0.6) is 0 Å². The first-order chi connectivity index (χ1) is 22.3. The van der Waals surface area contributed by atoms with Crippen molar-refractivity contribution in [1.29, 1.82) is 0 Å². The summed E-state index contributed by atoms with van der Waals surface area (Å²) in [5, 5.41) is 91.9. The van der Waals surface area contributed by atoms with Crippen LogP contribution in [0.25, 0.3) is 0 Å². The van der Waals surface area contributed by atoms with Crippen molar-refractivity contribution >= 4 is 0 Å². The predicted molar refractivity (Wildman–Crippen MR) is 164 cm³/mol. The molecule has 0 aromatic rings. The minimum Gasteiger partial charge on any atom is -0.394 e. The topological polar surface area (TPSA) is 237 Å². The highest BCUT2D eigenvalue weighted by Gasteiger charge is 2.53. The predicted octanol–water partition coefficient (Wildman–Crippen LogP) is -1.49. The normalized spacial score (nSPS) is 40.9. The Morgan fingerprint density at radius 1 is 0.660 bits per heavy atom. The van der Waals surface area contributed by atoms with E-state index in [1.54, 1.807) is 0 Å². The van der Waals surface area contributed by atoms with Crippen molar-refractivity contribution in [3.05, 3.63) is 34.9 Å². The van der Waals surface area contributed by atoms with Crippen LogP contribution >= 0.6 is 0 Å². The van der Waals surface area contributed by atoms with Crippen LogP contribution in [-0.2, 0) is 28.4 Å². The van der Waals surface area contributed by atoms with Crippen LogP contribution in [0.1, 0.15) is 53.4 Å². The standard InChI is InChI=1S/C32H54O15/c1-16(8-6-10-18(3)13-33)7-5-9-17(2)11-12-42-32-29(47-31-27(41)25(39)22(36)19(4)44-31)28(24(38)21(14-34)45-32)46-30-26(40)23(37)20(35)15-43-30/h7,10-11,19-41H,5-6,8-9,12-15H2,1-4H3. The molecular weight excluding hydrogens is 624 g/mol.